The minimum Gasteiger partial charge on any atom is -0.467 e. The first-order valence-electron chi connectivity index (χ1n) is 5.91. The summed E-state index contributed by atoms with van der Waals surface area (Å²) in [7, 11) is 0. The summed E-state index contributed by atoms with van der Waals surface area (Å²) in [4.78, 5) is 0. The summed E-state index contributed by atoms with van der Waals surface area (Å²) in [6.07, 6.45) is 2.37. The standard InChI is InChI=1S/C12H19NO4/c14-9-12(3-6-16-7-4-12)13-8-10(15)11-2-1-5-17-11/h1-2,5,10,13-15H,3-4,6-9H2. The van der Waals surface area contributed by atoms with Crippen molar-refractivity contribution < 1.29 is 19.4 Å². The third-order valence-electron chi connectivity index (χ3n) is 3.29. The summed E-state index contributed by atoms with van der Waals surface area (Å²) >= 11 is 0. The number of furan rings is 1. The van der Waals surface area contributed by atoms with E-state index < -0.39 is 6.10 Å². The Balaban J connectivity index is 1.87. The number of aliphatic hydroxyl groups excluding tert-OH is 2. The molecule has 0 amide bonds. The average Bonchev–Trinajstić information content (AvgIpc) is 2.91. The lowest BCUT2D eigenvalue weighted by atomic mass is 9.91. The zero-order valence-electron chi connectivity index (χ0n) is 9.76. The molecule has 1 fully saturated rings. The number of nitrogens with one attached hydrogen (secondary N) is 1. The molecule has 1 unspecified atom stereocenters. The van der Waals surface area contributed by atoms with E-state index >= 15 is 0 Å². The summed E-state index contributed by atoms with van der Waals surface area (Å²) in [5.41, 5.74) is -0.328. The van der Waals surface area contributed by atoms with Crippen molar-refractivity contribution in [2.75, 3.05) is 26.4 Å². The van der Waals surface area contributed by atoms with Gasteiger partial charge in [0.25, 0.3) is 0 Å². The van der Waals surface area contributed by atoms with Crippen LogP contribution in [-0.4, -0.2) is 42.1 Å². The fraction of sp³-hybridized carbons (Fsp3) is 0.667. The Morgan fingerprint density at radius 1 is 1.41 bits per heavy atom. The van der Waals surface area contributed by atoms with Gasteiger partial charge < -0.3 is 24.7 Å². The van der Waals surface area contributed by atoms with Gasteiger partial charge in [-0.3, -0.25) is 0 Å². The maximum atomic E-state index is 9.88. The number of aliphatic hydroxyl groups is 2. The lowest BCUT2D eigenvalue weighted by molar-refractivity contribution is 0.00495. The van der Waals surface area contributed by atoms with Crippen molar-refractivity contribution >= 4 is 0 Å². The van der Waals surface area contributed by atoms with Gasteiger partial charge in [0, 0.05) is 25.3 Å². The first kappa shape index (κ1) is 12.6. The molecule has 2 heterocycles. The number of hydrogen-bond donors (Lipinski definition) is 3. The summed E-state index contributed by atoms with van der Waals surface area (Å²) in [5.74, 6) is 0.539. The van der Waals surface area contributed by atoms with Crippen LogP contribution in [0.25, 0.3) is 0 Å². The van der Waals surface area contributed by atoms with E-state index in [0.717, 1.165) is 12.8 Å². The van der Waals surface area contributed by atoms with E-state index in [1.54, 1.807) is 12.1 Å². The molecule has 2 rings (SSSR count). The van der Waals surface area contributed by atoms with Gasteiger partial charge in [-0.2, -0.15) is 0 Å². The molecular formula is C12H19NO4. The quantitative estimate of drug-likeness (QED) is 0.697. The molecule has 1 aromatic rings. The highest BCUT2D eigenvalue weighted by molar-refractivity contribution is 5.03. The summed E-state index contributed by atoms with van der Waals surface area (Å²) < 4.78 is 10.4. The van der Waals surface area contributed by atoms with Gasteiger partial charge in [0.05, 0.1) is 12.9 Å². The highest BCUT2D eigenvalue weighted by Crippen LogP contribution is 2.21. The molecule has 0 bridgehead atoms. The van der Waals surface area contributed by atoms with Gasteiger partial charge in [-0.25, -0.2) is 0 Å². The monoisotopic (exact) mass is 241 g/mol. The van der Waals surface area contributed by atoms with E-state index in [0.29, 0.717) is 25.5 Å². The molecule has 3 N–H and O–H groups in total. The van der Waals surface area contributed by atoms with Gasteiger partial charge in [-0.05, 0) is 25.0 Å². The van der Waals surface area contributed by atoms with Gasteiger partial charge in [0.1, 0.15) is 11.9 Å². The normalized spacial score (nSPS) is 21.3. The van der Waals surface area contributed by atoms with E-state index in [4.69, 9.17) is 9.15 Å². The van der Waals surface area contributed by atoms with Gasteiger partial charge in [0.15, 0.2) is 0 Å². The van der Waals surface area contributed by atoms with Gasteiger partial charge in [0.2, 0.25) is 0 Å². The van der Waals surface area contributed by atoms with Crippen LogP contribution in [0.5, 0.6) is 0 Å². The Morgan fingerprint density at radius 2 is 2.18 bits per heavy atom. The molecule has 1 aliphatic heterocycles. The number of ether oxygens (including phenoxy) is 1. The van der Waals surface area contributed by atoms with Gasteiger partial charge in [-0.15, -0.1) is 0 Å². The topological polar surface area (TPSA) is 74.9 Å². The zero-order valence-corrected chi connectivity index (χ0v) is 9.76. The van der Waals surface area contributed by atoms with Crippen molar-refractivity contribution in [3.05, 3.63) is 24.2 Å². The lowest BCUT2D eigenvalue weighted by Crippen LogP contribution is -2.53. The molecule has 0 radical (unpaired) electrons. The maximum absolute atomic E-state index is 9.88. The van der Waals surface area contributed by atoms with Gasteiger partial charge >= 0.3 is 0 Å². The second-order valence-electron chi connectivity index (χ2n) is 4.46. The first-order valence-corrected chi connectivity index (χ1v) is 5.91. The number of hydrogen-bond acceptors (Lipinski definition) is 5. The summed E-state index contributed by atoms with van der Waals surface area (Å²) in [6.45, 7) is 1.71. The fourth-order valence-corrected chi connectivity index (χ4v) is 2.05. The van der Waals surface area contributed by atoms with Crippen molar-refractivity contribution in [1.29, 1.82) is 0 Å². The third kappa shape index (κ3) is 3.07. The highest BCUT2D eigenvalue weighted by atomic mass is 16.5. The van der Waals surface area contributed by atoms with Crippen LogP contribution in [0.3, 0.4) is 0 Å². The Kier molecular flexibility index (Phi) is 4.17. The molecule has 1 aliphatic rings. The van der Waals surface area contributed by atoms with Crippen molar-refractivity contribution in [3.63, 3.8) is 0 Å². The van der Waals surface area contributed by atoms with Crippen LogP contribution >= 0.6 is 0 Å². The Bertz CT molecular complexity index is 319. The minimum absolute atomic E-state index is 0.0568. The molecule has 0 saturated carbocycles. The third-order valence-corrected chi connectivity index (χ3v) is 3.29. The molecule has 0 aliphatic carbocycles. The molecule has 5 nitrogen and oxygen atoms in total. The van der Waals surface area contributed by atoms with E-state index in [2.05, 4.69) is 5.32 Å². The van der Waals surface area contributed by atoms with Crippen molar-refractivity contribution in [2.24, 2.45) is 0 Å². The van der Waals surface area contributed by atoms with Crippen LogP contribution in [0, 0.1) is 0 Å². The number of rotatable bonds is 5. The summed E-state index contributed by atoms with van der Waals surface area (Å²) in [5, 5.41) is 22.6. The average molecular weight is 241 g/mol. The van der Waals surface area contributed by atoms with Gasteiger partial charge in [-0.1, -0.05) is 0 Å². The molecular weight excluding hydrogens is 222 g/mol. The SMILES string of the molecule is OCC1(NCC(O)c2ccco2)CCOCC1. The van der Waals surface area contributed by atoms with Crippen LogP contribution in [-0.2, 0) is 4.74 Å². The first-order chi connectivity index (χ1) is 8.26. The fourth-order valence-electron chi connectivity index (χ4n) is 2.05. The largest absolute Gasteiger partial charge is 0.467 e. The van der Waals surface area contributed by atoms with Crippen LogP contribution in [0.2, 0.25) is 0 Å². The van der Waals surface area contributed by atoms with E-state index in [1.807, 2.05) is 0 Å². The van der Waals surface area contributed by atoms with Crippen molar-refractivity contribution in [2.45, 2.75) is 24.5 Å². The predicted molar refractivity (Wildman–Crippen MR) is 61.5 cm³/mol. The molecule has 1 atom stereocenters. The van der Waals surface area contributed by atoms with Crippen LogP contribution in [0.15, 0.2) is 22.8 Å². The second kappa shape index (κ2) is 5.64. The smallest absolute Gasteiger partial charge is 0.133 e. The molecule has 5 heteroatoms. The van der Waals surface area contributed by atoms with E-state index in [9.17, 15) is 10.2 Å². The Morgan fingerprint density at radius 3 is 2.76 bits per heavy atom. The second-order valence-corrected chi connectivity index (χ2v) is 4.46. The lowest BCUT2D eigenvalue weighted by Gasteiger charge is -2.37. The van der Waals surface area contributed by atoms with Crippen LogP contribution in [0.1, 0.15) is 24.7 Å². The maximum Gasteiger partial charge on any atom is 0.133 e. The Hall–Kier alpha value is -0.880. The molecule has 0 spiro atoms. The van der Waals surface area contributed by atoms with Crippen LogP contribution in [0.4, 0.5) is 0 Å². The van der Waals surface area contributed by atoms with E-state index in [1.165, 1.54) is 6.26 Å². The highest BCUT2D eigenvalue weighted by Gasteiger charge is 2.32. The number of β-amino-alcohol motifs (C(OH)–C–C–N with tert-alkyl or cyclic N) is 1. The summed E-state index contributed by atoms with van der Waals surface area (Å²) in [6, 6.07) is 3.48. The Labute approximate surface area is 100 Å². The van der Waals surface area contributed by atoms with E-state index in [-0.39, 0.29) is 12.1 Å². The van der Waals surface area contributed by atoms with Crippen molar-refractivity contribution in [3.8, 4) is 0 Å². The molecule has 96 valence electrons. The van der Waals surface area contributed by atoms with Crippen LogP contribution < -0.4 is 5.32 Å². The molecule has 17 heavy (non-hydrogen) atoms. The van der Waals surface area contributed by atoms with Crippen molar-refractivity contribution in [1.82, 2.24) is 5.32 Å². The zero-order chi connectivity index (χ0) is 12.1. The predicted octanol–water partition coefficient (Wildman–Crippen LogP) is 0.444. The molecule has 1 saturated heterocycles. The minimum atomic E-state index is -0.684. The molecule has 0 aromatic carbocycles. The molecule has 1 aromatic heterocycles.